The smallest absolute Gasteiger partial charge is 0.271 e. The number of non-ortho nitro benzene ring substituents is 1. The fraction of sp³-hybridized carbons (Fsp3) is 0.238. The Labute approximate surface area is 189 Å². The van der Waals surface area contributed by atoms with Gasteiger partial charge in [-0.2, -0.15) is 5.10 Å². The Morgan fingerprint density at radius 3 is 2.48 bits per heavy atom. The summed E-state index contributed by atoms with van der Waals surface area (Å²) in [6.07, 6.45) is 1.74. The van der Waals surface area contributed by atoms with E-state index >= 15 is 0 Å². The predicted octanol–water partition coefficient (Wildman–Crippen LogP) is 4.97. The van der Waals surface area contributed by atoms with Gasteiger partial charge in [0.1, 0.15) is 18.1 Å². The monoisotopic (exact) mass is 462 g/mol. The molecular weight excluding hydrogens is 443 g/mol. The van der Waals surface area contributed by atoms with Crippen molar-refractivity contribution >= 4 is 34.8 Å². The first-order chi connectivity index (χ1) is 14.8. The summed E-state index contributed by atoms with van der Waals surface area (Å²) in [5, 5.41) is 15.8. The quantitative estimate of drug-likeness (QED) is 0.348. The van der Waals surface area contributed by atoms with Gasteiger partial charge >= 0.3 is 0 Å². The summed E-state index contributed by atoms with van der Waals surface area (Å²) in [6.45, 7) is 3.16. The summed E-state index contributed by atoms with van der Waals surface area (Å²) in [4.78, 5) is 24.5. The van der Waals surface area contributed by atoms with Gasteiger partial charge in [0.2, 0.25) is 0 Å². The highest BCUT2D eigenvalue weighted by Gasteiger charge is 2.16. The Bertz CT molecular complexity index is 1100. The molecule has 0 aliphatic heterocycles. The van der Waals surface area contributed by atoms with E-state index in [0.717, 1.165) is 5.56 Å². The number of aryl methyl sites for hydroxylation is 1. The second-order valence-corrected chi connectivity index (χ2v) is 7.61. The van der Waals surface area contributed by atoms with Crippen molar-refractivity contribution < 1.29 is 14.5 Å². The zero-order valence-electron chi connectivity index (χ0n) is 16.9. The van der Waals surface area contributed by atoms with E-state index in [-0.39, 0.29) is 23.2 Å². The maximum atomic E-state index is 12.7. The molecule has 0 spiro atoms. The Balaban J connectivity index is 1.60. The Morgan fingerprint density at radius 1 is 1.19 bits per heavy atom. The van der Waals surface area contributed by atoms with Crippen molar-refractivity contribution in [1.82, 2.24) is 14.7 Å². The van der Waals surface area contributed by atoms with Crippen LogP contribution in [0.15, 0.2) is 48.7 Å². The van der Waals surface area contributed by atoms with Crippen LogP contribution in [0, 0.1) is 10.1 Å². The van der Waals surface area contributed by atoms with E-state index < -0.39 is 4.92 Å². The van der Waals surface area contributed by atoms with Crippen LogP contribution in [0.1, 0.15) is 28.5 Å². The Morgan fingerprint density at radius 2 is 1.90 bits per heavy atom. The molecule has 1 aromatic heterocycles. The van der Waals surface area contributed by atoms with Crippen LogP contribution in [0.4, 0.5) is 5.69 Å². The van der Waals surface area contributed by atoms with Gasteiger partial charge in [0.25, 0.3) is 11.6 Å². The Kier molecular flexibility index (Phi) is 7.14. The van der Waals surface area contributed by atoms with E-state index in [9.17, 15) is 14.9 Å². The van der Waals surface area contributed by atoms with Gasteiger partial charge in [-0.1, -0.05) is 35.3 Å². The van der Waals surface area contributed by atoms with Gasteiger partial charge in [-0.25, -0.2) is 0 Å². The Hall–Kier alpha value is -3.10. The van der Waals surface area contributed by atoms with Crippen LogP contribution in [0.5, 0.6) is 5.75 Å². The SMILES string of the molecule is CCn1cc(Cl)c(CN(C)C(=O)c2ccc(COc3ccc([N+](=O)[O-])cc3Cl)cc2)n1. The van der Waals surface area contributed by atoms with Crippen molar-refractivity contribution in [2.45, 2.75) is 26.6 Å². The lowest BCUT2D eigenvalue weighted by Gasteiger charge is -2.16. The first kappa shape index (κ1) is 22.6. The lowest BCUT2D eigenvalue weighted by molar-refractivity contribution is -0.384. The topological polar surface area (TPSA) is 90.5 Å². The molecule has 3 aromatic rings. The summed E-state index contributed by atoms with van der Waals surface area (Å²) in [5.74, 6) is 0.184. The normalized spacial score (nSPS) is 10.7. The summed E-state index contributed by atoms with van der Waals surface area (Å²) >= 11 is 12.2. The molecule has 0 fully saturated rings. The molecule has 1 amide bonds. The van der Waals surface area contributed by atoms with E-state index in [1.807, 2.05) is 6.92 Å². The minimum atomic E-state index is -0.522. The van der Waals surface area contributed by atoms with E-state index in [2.05, 4.69) is 5.10 Å². The molecule has 0 unspecified atom stereocenters. The maximum absolute atomic E-state index is 12.7. The largest absolute Gasteiger partial charge is 0.487 e. The van der Waals surface area contributed by atoms with E-state index in [4.69, 9.17) is 27.9 Å². The molecule has 0 radical (unpaired) electrons. The minimum Gasteiger partial charge on any atom is -0.487 e. The number of halogens is 2. The summed E-state index contributed by atoms with van der Waals surface area (Å²) < 4.78 is 7.36. The van der Waals surface area contributed by atoms with E-state index in [1.165, 1.54) is 18.2 Å². The minimum absolute atomic E-state index is 0.105. The lowest BCUT2D eigenvalue weighted by atomic mass is 10.1. The fourth-order valence-electron chi connectivity index (χ4n) is 2.85. The number of aromatic nitrogens is 2. The molecule has 0 aliphatic rings. The molecule has 0 atom stereocenters. The van der Waals surface area contributed by atoms with Crippen LogP contribution in [0.3, 0.4) is 0 Å². The number of nitro groups is 1. The van der Waals surface area contributed by atoms with Gasteiger partial charge in [0, 0.05) is 37.5 Å². The third-order valence-corrected chi connectivity index (χ3v) is 5.18. The van der Waals surface area contributed by atoms with Crippen molar-refractivity contribution in [2.24, 2.45) is 0 Å². The van der Waals surface area contributed by atoms with E-state index in [1.54, 1.807) is 47.1 Å². The average molecular weight is 463 g/mol. The highest BCUT2D eigenvalue weighted by atomic mass is 35.5. The summed E-state index contributed by atoms with van der Waals surface area (Å²) in [7, 11) is 1.69. The molecule has 0 N–H and O–H groups in total. The number of ether oxygens (including phenoxy) is 1. The molecule has 2 aromatic carbocycles. The number of nitro benzene ring substituents is 1. The number of carbonyl (C=O) groups is 1. The molecule has 0 aliphatic carbocycles. The first-order valence-electron chi connectivity index (χ1n) is 9.41. The molecule has 1 heterocycles. The van der Waals surface area contributed by atoms with Crippen LogP contribution in [0.2, 0.25) is 10.0 Å². The van der Waals surface area contributed by atoms with Gasteiger partial charge in [0.05, 0.1) is 21.5 Å². The van der Waals surface area contributed by atoms with Gasteiger partial charge in [-0.3, -0.25) is 19.6 Å². The fourth-order valence-corrected chi connectivity index (χ4v) is 3.29. The molecular formula is C21H20Cl2N4O4. The zero-order chi connectivity index (χ0) is 22.5. The van der Waals surface area contributed by atoms with Crippen LogP contribution < -0.4 is 4.74 Å². The van der Waals surface area contributed by atoms with Crippen LogP contribution in [0.25, 0.3) is 0 Å². The molecule has 31 heavy (non-hydrogen) atoms. The second kappa shape index (κ2) is 9.80. The molecule has 8 nitrogen and oxygen atoms in total. The number of nitrogens with zero attached hydrogens (tertiary/aromatic N) is 4. The second-order valence-electron chi connectivity index (χ2n) is 6.80. The number of benzene rings is 2. The van der Waals surface area contributed by atoms with Crippen molar-refractivity contribution in [3.8, 4) is 5.75 Å². The van der Waals surface area contributed by atoms with Gasteiger partial charge in [-0.15, -0.1) is 0 Å². The van der Waals surface area contributed by atoms with Gasteiger partial charge in [0.15, 0.2) is 0 Å². The molecule has 3 rings (SSSR count). The highest BCUT2D eigenvalue weighted by Crippen LogP contribution is 2.29. The maximum Gasteiger partial charge on any atom is 0.271 e. The molecule has 10 heteroatoms. The average Bonchev–Trinajstić information content (AvgIpc) is 3.11. The van der Waals surface area contributed by atoms with Crippen LogP contribution >= 0.6 is 23.2 Å². The predicted molar refractivity (Wildman–Crippen MR) is 118 cm³/mol. The van der Waals surface area contributed by atoms with Crippen molar-refractivity contribution in [3.63, 3.8) is 0 Å². The standard InChI is InChI=1S/C21H20Cl2N4O4/c1-3-26-11-18(23)19(24-26)12-25(2)21(28)15-6-4-14(5-7-15)13-31-20-9-8-16(27(29)30)10-17(20)22/h4-11H,3,12-13H2,1-2H3. The number of rotatable bonds is 8. The van der Waals surface area contributed by atoms with Gasteiger partial charge < -0.3 is 9.64 Å². The lowest BCUT2D eigenvalue weighted by Crippen LogP contribution is -2.26. The third kappa shape index (κ3) is 5.53. The summed E-state index contributed by atoms with van der Waals surface area (Å²) in [5.41, 5.74) is 1.88. The molecule has 0 saturated carbocycles. The molecule has 0 bridgehead atoms. The van der Waals surface area contributed by atoms with Crippen molar-refractivity contribution in [2.75, 3.05) is 7.05 Å². The van der Waals surface area contributed by atoms with Gasteiger partial charge in [-0.05, 0) is 30.7 Å². The molecule has 162 valence electrons. The van der Waals surface area contributed by atoms with Crippen molar-refractivity contribution in [3.05, 3.63) is 85.6 Å². The highest BCUT2D eigenvalue weighted by molar-refractivity contribution is 6.32. The third-order valence-electron chi connectivity index (χ3n) is 4.57. The van der Waals surface area contributed by atoms with Crippen LogP contribution in [-0.2, 0) is 19.7 Å². The molecule has 0 saturated heterocycles. The summed E-state index contributed by atoms with van der Waals surface area (Å²) in [6, 6.07) is 11.0. The first-order valence-corrected chi connectivity index (χ1v) is 10.2. The number of carbonyl (C=O) groups excluding carboxylic acids is 1. The van der Waals surface area contributed by atoms with E-state index in [0.29, 0.717) is 35.1 Å². The number of hydrogen-bond acceptors (Lipinski definition) is 5. The number of hydrogen-bond donors (Lipinski definition) is 0. The van der Waals surface area contributed by atoms with Crippen molar-refractivity contribution in [1.29, 1.82) is 0 Å². The number of amides is 1. The zero-order valence-corrected chi connectivity index (χ0v) is 18.4. The van der Waals surface area contributed by atoms with Crippen LogP contribution in [-0.4, -0.2) is 32.6 Å².